The van der Waals surface area contributed by atoms with Crippen molar-refractivity contribution in [2.24, 2.45) is 0 Å². The van der Waals surface area contributed by atoms with Crippen molar-refractivity contribution in [3.63, 3.8) is 0 Å². The first kappa shape index (κ1) is 38.5. The molecule has 8 nitrogen and oxygen atoms in total. The molecule has 6 aromatic rings. The van der Waals surface area contributed by atoms with Crippen molar-refractivity contribution >= 4 is 64.0 Å². The van der Waals surface area contributed by atoms with Crippen molar-refractivity contribution in [1.29, 1.82) is 0 Å². The van der Waals surface area contributed by atoms with Gasteiger partial charge in [0.05, 0.1) is 0 Å². The van der Waals surface area contributed by atoms with E-state index in [1.54, 1.807) is 66.7 Å². The van der Waals surface area contributed by atoms with Crippen LogP contribution in [0.3, 0.4) is 0 Å². The lowest BCUT2D eigenvalue weighted by atomic mass is 9.77. The molecule has 0 aromatic heterocycles. The van der Waals surface area contributed by atoms with Crippen LogP contribution >= 0.6 is 15.9 Å². The highest BCUT2D eigenvalue weighted by atomic mass is 79.9. The van der Waals surface area contributed by atoms with E-state index in [0.717, 1.165) is 11.1 Å². The van der Waals surface area contributed by atoms with Gasteiger partial charge in [-0.15, -0.1) is 0 Å². The zero-order valence-corrected chi connectivity index (χ0v) is 29.2. The summed E-state index contributed by atoms with van der Waals surface area (Å²) >= 11 is 3.25. The standard InChI is InChI=1S/C20H18BNO3.C13H11NO.C7H8BBrO2/c23-20(15-8-2-1-3-9-15)17-11-5-7-13-19(17)22-14-16-10-4-6-12-18(16)21(24)25;14-12-9-5-4-8-11(12)13(15)10-6-2-1-3-7-10;9-5-6-3-1-2-4-7(6)8(10)11/h1-13,22,24-25H,14H2;1-9H,14H2;1-4,10-11H,5H2. The smallest absolute Gasteiger partial charge is 0.423 e. The highest BCUT2D eigenvalue weighted by Crippen LogP contribution is 2.20. The summed E-state index contributed by atoms with van der Waals surface area (Å²) < 4.78 is 0. The van der Waals surface area contributed by atoms with Gasteiger partial charge >= 0.3 is 14.2 Å². The molecule has 7 N–H and O–H groups in total. The summed E-state index contributed by atoms with van der Waals surface area (Å²) in [4.78, 5) is 24.7. The van der Waals surface area contributed by atoms with Crippen LogP contribution < -0.4 is 22.0 Å². The molecule has 0 atom stereocenters. The first-order valence-corrected chi connectivity index (χ1v) is 17.1. The van der Waals surface area contributed by atoms with E-state index in [4.69, 9.17) is 15.8 Å². The van der Waals surface area contributed by atoms with Crippen LogP contribution in [-0.2, 0) is 11.9 Å². The first-order valence-electron chi connectivity index (χ1n) is 16.0. The Bertz CT molecular complexity index is 2010. The highest BCUT2D eigenvalue weighted by Gasteiger charge is 2.17. The molecule has 6 aromatic carbocycles. The van der Waals surface area contributed by atoms with Gasteiger partial charge in [0.1, 0.15) is 0 Å². The fourth-order valence-electron chi connectivity index (χ4n) is 5.07. The van der Waals surface area contributed by atoms with Gasteiger partial charge in [0.2, 0.25) is 0 Å². The number of benzene rings is 6. The molecule has 0 aliphatic carbocycles. The molecule has 0 saturated heterocycles. The number of anilines is 2. The number of rotatable bonds is 10. The number of nitrogen functional groups attached to an aromatic ring is 1. The third kappa shape index (κ3) is 11.1. The predicted octanol–water partition coefficient (Wildman–Crippen LogP) is 4.97. The van der Waals surface area contributed by atoms with Gasteiger partial charge in [-0.25, -0.2) is 0 Å². The van der Waals surface area contributed by atoms with E-state index < -0.39 is 14.2 Å². The highest BCUT2D eigenvalue weighted by molar-refractivity contribution is 9.08. The van der Waals surface area contributed by atoms with E-state index in [-0.39, 0.29) is 11.6 Å². The van der Waals surface area contributed by atoms with Crippen LogP contribution in [0.2, 0.25) is 0 Å². The van der Waals surface area contributed by atoms with Crippen LogP contribution in [0.4, 0.5) is 11.4 Å². The number of halogens is 1. The molecule has 0 aliphatic rings. The zero-order chi connectivity index (χ0) is 36.6. The number of ketones is 2. The minimum Gasteiger partial charge on any atom is -0.423 e. The van der Waals surface area contributed by atoms with E-state index in [0.29, 0.717) is 56.4 Å². The van der Waals surface area contributed by atoms with E-state index in [1.165, 1.54) is 0 Å². The third-order valence-electron chi connectivity index (χ3n) is 7.73. The molecule has 0 heterocycles. The lowest BCUT2D eigenvalue weighted by molar-refractivity contribution is 0.103. The molecule has 0 radical (unpaired) electrons. The van der Waals surface area contributed by atoms with Crippen LogP contribution in [0, 0.1) is 0 Å². The van der Waals surface area contributed by atoms with Gasteiger partial charge in [-0.05, 0) is 46.3 Å². The lowest BCUT2D eigenvalue weighted by Gasteiger charge is -2.14. The van der Waals surface area contributed by atoms with E-state index in [1.807, 2.05) is 91.0 Å². The van der Waals surface area contributed by atoms with E-state index >= 15 is 0 Å². The maximum absolute atomic E-state index is 12.7. The van der Waals surface area contributed by atoms with Crippen LogP contribution in [0.1, 0.15) is 43.0 Å². The van der Waals surface area contributed by atoms with Crippen molar-refractivity contribution < 1.29 is 29.7 Å². The van der Waals surface area contributed by atoms with Crippen molar-refractivity contribution in [2.45, 2.75) is 11.9 Å². The van der Waals surface area contributed by atoms with E-state index in [9.17, 15) is 19.6 Å². The number of nitrogens with two attached hydrogens (primary N) is 1. The lowest BCUT2D eigenvalue weighted by Crippen LogP contribution is -2.33. The summed E-state index contributed by atoms with van der Waals surface area (Å²) in [6, 6.07) is 46.9. The number of hydrogen-bond acceptors (Lipinski definition) is 8. The number of alkyl halides is 1. The Morgan fingerprint density at radius 3 is 1.45 bits per heavy atom. The minimum absolute atomic E-state index is 0.0336. The third-order valence-corrected chi connectivity index (χ3v) is 8.33. The molecule has 0 unspecified atom stereocenters. The van der Waals surface area contributed by atoms with Crippen LogP contribution in [0.25, 0.3) is 0 Å². The fourth-order valence-corrected chi connectivity index (χ4v) is 5.59. The van der Waals surface area contributed by atoms with Gasteiger partial charge < -0.3 is 31.1 Å². The normalized spacial score (nSPS) is 10.1. The van der Waals surface area contributed by atoms with Gasteiger partial charge in [0.15, 0.2) is 11.6 Å². The number of nitrogens with one attached hydrogen (secondary N) is 1. The number of carbonyl (C=O) groups excluding carboxylic acids is 2. The second-order valence-corrected chi connectivity index (χ2v) is 11.7. The summed E-state index contributed by atoms with van der Waals surface area (Å²) in [5.74, 6) is -0.0899. The molecular formula is C40H37B2BrN2O6. The molecule has 0 saturated carbocycles. The molecule has 6 rings (SSSR count). The van der Waals surface area contributed by atoms with Crippen LogP contribution in [0.5, 0.6) is 0 Å². The zero-order valence-electron chi connectivity index (χ0n) is 27.6. The second kappa shape index (κ2) is 19.8. The monoisotopic (exact) mass is 742 g/mol. The summed E-state index contributed by atoms with van der Waals surface area (Å²) in [7, 11) is -2.90. The van der Waals surface area contributed by atoms with Crippen molar-refractivity contribution in [1.82, 2.24) is 0 Å². The molecule has 51 heavy (non-hydrogen) atoms. The van der Waals surface area contributed by atoms with Crippen molar-refractivity contribution in [3.8, 4) is 0 Å². The average Bonchev–Trinajstić information content (AvgIpc) is 3.18. The molecule has 0 bridgehead atoms. The largest absolute Gasteiger partial charge is 0.488 e. The Hall–Kier alpha value is -5.29. The molecule has 11 heteroatoms. The molecule has 256 valence electrons. The van der Waals surface area contributed by atoms with Gasteiger partial charge in [-0.3, -0.25) is 9.59 Å². The number of carbonyl (C=O) groups is 2. The molecular weight excluding hydrogens is 706 g/mol. The first-order chi connectivity index (χ1) is 24.7. The van der Waals surface area contributed by atoms with Gasteiger partial charge in [0, 0.05) is 45.5 Å². The Morgan fingerprint density at radius 1 is 0.529 bits per heavy atom. The quantitative estimate of drug-likeness (QED) is 0.0498. The van der Waals surface area contributed by atoms with Crippen LogP contribution in [-0.4, -0.2) is 45.9 Å². The number of para-hydroxylation sites is 2. The molecule has 0 spiro atoms. The number of hydrogen-bond donors (Lipinski definition) is 6. The Labute approximate surface area is 306 Å². The Balaban J connectivity index is 0.000000190. The maximum Gasteiger partial charge on any atom is 0.488 e. The topological polar surface area (TPSA) is 153 Å². The molecule has 0 aliphatic heterocycles. The summed E-state index contributed by atoms with van der Waals surface area (Å²) in [6.45, 7) is 0.382. The summed E-state index contributed by atoms with van der Waals surface area (Å²) in [5.41, 5.74) is 12.1. The SMILES string of the molecule is Nc1ccccc1C(=O)c1ccccc1.O=C(c1ccccc1)c1ccccc1NCc1ccccc1B(O)O.OB(O)c1ccccc1CBr. The van der Waals surface area contributed by atoms with E-state index in [2.05, 4.69) is 21.2 Å². The van der Waals surface area contributed by atoms with Crippen molar-refractivity contribution in [3.05, 3.63) is 191 Å². The minimum atomic E-state index is -1.53. The predicted molar refractivity (Wildman–Crippen MR) is 210 cm³/mol. The van der Waals surface area contributed by atoms with Gasteiger partial charge in [0.25, 0.3) is 0 Å². The Kier molecular flexibility index (Phi) is 14.9. The summed E-state index contributed by atoms with van der Waals surface area (Å²) in [5, 5.41) is 40.5. The summed E-state index contributed by atoms with van der Waals surface area (Å²) in [6.07, 6.45) is 0. The molecule has 0 amide bonds. The van der Waals surface area contributed by atoms with Crippen molar-refractivity contribution in [2.75, 3.05) is 11.1 Å². The average molecular weight is 743 g/mol. The Morgan fingerprint density at radius 2 is 0.941 bits per heavy atom. The van der Waals surface area contributed by atoms with Gasteiger partial charge in [-0.1, -0.05) is 149 Å². The second-order valence-electron chi connectivity index (χ2n) is 11.2. The van der Waals surface area contributed by atoms with Gasteiger partial charge in [-0.2, -0.15) is 0 Å². The van der Waals surface area contributed by atoms with Crippen LogP contribution in [0.15, 0.2) is 158 Å². The molecule has 0 fully saturated rings. The maximum atomic E-state index is 12.7. The fraction of sp³-hybridized carbons (Fsp3) is 0.0500.